The van der Waals surface area contributed by atoms with Gasteiger partial charge >= 0.3 is 5.97 Å². The number of rotatable bonds is 7. The Morgan fingerprint density at radius 1 is 0.971 bits per heavy atom. The van der Waals surface area contributed by atoms with Gasteiger partial charge in [0.25, 0.3) is 0 Å². The standard InChI is InChI=1S/C25H27Cl2NO6S/c26-21-15-22(27)24(35(31,32)28-10-12-33-13-11-28)14-20(21)25(30)34-16-23(29)19-8-6-18(7-9-19)17-4-2-1-3-5-17/h6-9,14-15,17H,1-5,10-13,16H2. The number of hydrogen-bond donors (Lipinski definition) is 0. The fourth-order valence-electron chi connectivity index (χ4n) is 4.48. The van der Waals surface area contributed by atoms with E-state index < -0.39 is 22.6 Å². The molecule has 1 heterocycles. The van der Waals surface area contributed by atoms with Gasteiger partial charge < -0.3 is 9.47 Å². The lowest BCUT2D eigenvalue weighted by molar-refractivity contribution is 0.0474. The summed E-state index contributed by atoms with van der Waals surface area (Å²) in [5, 5.41) is -0.169. The molecule has 2 aromatic rings. The van der Waals surface area contributed by atoms with Crippen molar-refractivity contribution in [3.63, 3.8) is 0 Å². The Labute approximate surface area is 215 Å². The van der Waals surface area contributed by atoms with Crippen molar-refractivity contribution < 1.29 is 27.5 Å². The smallest absolute Gasteiger partial charge is 0.340 e. The van der Waals surface area contributed by atoms with Crippen molar-refractivity contribution in [1.29, 1.82) is 0 Å². The van der Waals surface area contributed by atoms with Crippen LogP contribution in [0.25, 0.3) is 0 Å². The summed E-state index contributed by atoms with van der Waals surface area (Å²) in [4.78, 5) is 25.0. The van der Waals surface area contributed by atoms with Crippen LogP contribution in [-0.4, -0.2) is 57.4 Å². The number of Topliss-reactive ketones (excluding diaryl/α,β-unsaturated/α-hetero) is 1. The summed E-state index contributed by atoms with van der Waals surface area (Å²) in [5.74, 6) is -0.738. The zero-order chi connectivity index (χ0) is 25.0. The van der Waals surface area contributed by atoms with Crippen LogP contribution >= 0.6 is 23.2 Å². The summed E-state index contributed by atoms with van der Waals surface area (Å²) in [6.45, 7) is 0.391. The van der Waals surface area contributed by atoms with Crippen LogP contribution in [0.4, 0.5) is 0 Å². The van der Waals surface area contributed by atoms with Crippen LogP contribution in [0.3, 0.4) is 0 Å². The molecule has 4 rings (SSSR count). The second-order valence-corrected chi connectivity index (χ2v) is 11.5. The van der Waals surface area contributed by atoms with Crippen LogP contribution in [0.15, 0.2) is 41.3 Å². The number of hydrogen-bond acceptors (Lipinski definition) is 6. The third kappa shape index (κ3) is 6.06. The minimum absolute atomic E-state index is 0.0646. The topological polar surface area (TPSA) is 90.0 Å². The normalized spacial score (nSPS) is 17.8. The molecule has 0 N–H and O–H groups in total. The highest BCUT2D eigenvalue weighted by Crippen LogP contribution is 2.33. The van der Waals surface area contributed by atoms with E-state index in [1.54, 1.807) is 12.1 Å². The lowest BCUT2D eigenvalue weighted by Gasteiger charge is -2.26. The Morgan fingerprint density at radius 3 is 2.29 bits per heavy atom. The van der Waals surface area contributed by atoms with Crippen molar-refractivity contribution in [2.24, 2.45) is 0 Å². The lowest BCUT2D eigenvalue weighted by Crippen LogP contribution is -2.40. The van der Waals surface area contributed by atoms with Crippen LogP contribution in [0.2, 0.25) is 10.0 Å². The Morgan fingerprint density at radius 2 is 1.63 bits per heavy atom. The van der Waals surface area contributed by atoms with Gasteiger partial charge in [-0.25, -0.2) is 13.2 Å². The van der Waals surface area contributed by atoms with Crippen molar-refractivity contribution in [2.75, 3.05) is 32.9 Å². The molecule has 1 aliphatic heterocycles. The fraction of sp³-hybridized carbons (Fsp3) is 0.440. The monoisotopic (exact) mass is 539 g/mol. The van der Waals surface area contributed by atoms with E-state index in [1.807, 2.05) is 12.1 Å². The molecule has 2 fully saturated rings. The van der Waals surface area contributed by atoms with E-state index >= 15 is 0 Å². The van der Waals surface area contributed by atoms with Gasteiger partial charge in [0.2, 0.25) is 10.0 Å². The average molecular weight is 540 g/mol. The Hall–Kier alpha value is -1.97. The number of sulfonamides is 1. The van der Waals surface area contributed by atoms with Crippen LogP contribution in [-0.2, 0) is 19.5 Å². The van der Waals surface area contributed by atoms with Gasteiger partial charge in [0.1, 0.15) is 4.90 Å². The third-order valence-corrected chi connectivity index (χ3v) is 9.15. The predicted octanol–water partition coefficient (Wildman–Crippen LogP) is 5.10. The zero-order valence-corrected chi connectivity index (χ0v) is 21.5. The minimum Gasteiger partial charge on any atom is -0.454 e. The molecule has 0 bridgehead atoms. The van der Waals surface area contributed by atoms with E-state index in [9.17, 15) is 18.0 Å². The van der Waals surface area contributed by atoms with E-state index in [-0.39, 0.29) is 52.6 Å². The molecule has 1 saturated carbocycles. The number of ether oxygens (including phenoxy) is 2. The van der Waals surface area contributed by atoms with Gasteiger partial charge in [0.05, 0.1) is 28.8 Å². The summed E-state index contributed by atoms with van der Waals surface area (Å²) >= 11 is 12.3. The van der Waals surface area contributed by atoms with Crippen molar-refractivity contribution in [1.82, 2.24) is 4.31 Å². The van der Waals surface area contributed by atoms with Gasteiger partial charge in [-0.05, 0) is 36.5 Å². The van der Waals surface area contributed by atoms with Crippen LogP contribution < -0.4 is 0 Å². The van der Waals surface area contributed by atoms with E-state index in [4.69, 9.17) is 32.7 Å². The third-order valence-electron chi connectivity index (χ3n) is 6.47. The highest BCUT2D eigenvalue weighted by atomic mass is 35.5. The summed E-state index contributed by atoms with van der Waals surface area (Å²) in [7, 11) is -3.97. The number of esters is 1. The maximum atomic E-state index is 13.0. The molecule has 1 saturated heterocycles. The highest BCUT2D eigenvalue weighted by Gasteiger charge is 2.30. The Balaban J connectivity index is 1.44. The molecule has 35 heavy (non-hydrogen) atoms. The Kier molecular flexibility index (Phi) is 8.50. The van der Waals surface area contributed by atoms with Crippen molar-refractivity contribution >= 4 is 45.0 Å². The van der Waals surface area contributed by atoms with Crippen molar-refractivity contribution in [3.05, 3.63) is 63.1 Å². The molecule has 188 valence electrons. The molecule has 10 heteroatoms. The van der Waals surface area contributed by atoms with Crippen molar-refractivity contribution in [3.8, 4) is 0 Å². The first-order valence-electron chi connectivity index (χ1n) is 11.6. The molecule has 2 aliphatic rings. The second-order valence-electron chi connectivity index (χ2n) is 8.74. The summed E-state index contributed by atoms with van der Waals surface area (Å²) in [5.41, 5.74) is 1.48. The van der Waals surface area contributed by atoms with Gasteiger partial charge in [0, 0.05) is 18.7 Å². The molecule has 0 radical (unpaired) electrons. The van der Waals surface area contributed by atoms with Crippen LogP contribution in [0.5, 0.6) is 0 Å². The molecule has 0 aromatic heterocycles. The summed E-state index contributed by atoms with van der Waals surface area (Å²) < 4.78 is 37.7. The molecule has 0 unspecified atom stereocenters. The first-order valence-corrected chi connectivity index (χ1v) is 13.8. The summed E-state index contributed by atoms with van der Waals surface area (Å²) in [6.07, 6.45) is 6.05. The molecular formula is C25H27Cl2NO6S. The molecular weight excluding hydrogens is 513 g/mol. The highest BCUT2D eigenvalue weighted by molar-refractivity contribution is 7.89. The van der Waals surface area contributed by atoms with E-state index in [0.29, 0.717) is 11.5 Å². The molecule has 7 nitrogen and oxygen atoms in total. The van der Waals surface area contributed by atoms with Gasteiger partial charge in [-0.2, -0.15) is 4.31 Å². The minimum atomic E-state index is -3.97. The predicted molar refractivity (Wildman–Crippen MR) is 133 cm³/mol. The van der Waals surface area contributed by atoms with E-state index in [2.05, 4.69) is 0 Å². The number of ketones is 1. The number of carbonyl (C=O) groups is 2. The maximum Gasteiger partial charge on any atom is 0.340 e. The Bertz CT molecular complexity index is 1190. The van der Waals surface area contributed by atoms with Gasteiger partial charge in [-0.3, -0.25) is 4.79 Å². The molecule has 0 spiro atoms. The number of carbonyl (C=O) groups excluding carboxylic acids is 2. The number of benzene rings is 2. The largest absolute Gasteiger partial charge is 0.454 e. The maximum absolute atomic E-state index is 13.0. The fourth-order valence-corrected chi connectivity index (χ4v) is 6.71. The van der Waals surface area contributed by atoms with E-state index in [1.165, 1.54) is 35.2 Å². The first-order chi connectivity index (χ1) is 16.8. The van der Waals surface area contributed by atoms with E-state index in [0.717, 1.165) is 18.9 Å². The van der Waals surface area contributed by atoms with Crippen molar-refractivity contribution in [2.45, 2.75) is 42.9 Å². The molecule has 0 atom stereocenters. The quantitative estimate of drug-likeness (QED) is 0.359. The number of halogens is 2. The SMILES string of the molecule is O=C(COC(=O)c1cc(S(=O)(=O)N2CCOCC2)c(Cl)cc1Cl)c1ccc(C2CCCCC2)cc1. The van der Waals surface area contributed by atoms with Crippen LogP contribution in [0, 0.1) is 0 Å². The average Bonchev–Trinajstić information content (AvgIpc) is 2.88. The van der Waals surface area contributed by atoms with Gasteiger partial charge in [-0.1, -0.05) is 66.7 Å². The number of morpholine rings is 1. The zero-order valence-electron chi connectivity index (χ0n) is 19.2. The molecule has 2 aromatic carbocycles. The first kappa shape index (κ1) is 26.1. The summed E-state index contributed by atoms with van der Waals surface area (Å²) in [6, 6.07) is 9.72. The number of nitrogens with zero attached hydrogens (tertiary/aromatic N) is 1. The second kappa shape index (κ2) is 11.4. The lowest BCUT2D eigenvalue weighted by atomic mass is 9.84. The van der Waals surface area contributed by atoms with Crippen LogP contribution in [0.1, 0.15) is 64.3 Å². The molecule has 0 amide bonds. The van der Waals surface area contributed by atoms with Gasteiger partial charge in [0.15, 0.2) is 12.4 Å². The molecule has 1 aliphatic carbocycles. The van der Waals surface area contributed by atoms with Gasteiger partial charge in [-0.15, -0.1) is 0 Å².